The van der Waals surface area contributed by atoms with Crippen molar-refractivity contribution < 1.29 is 4.74 Å². The number of hydrogen-bond donors (Lipinski definition) is 1. The summed E-state index contributed by atoms with van der Waals surface area (Å²) in [6.07, 6.45) is 4.63. The molecule has 4 heteroatoms. The summed E-state index contributed by atoms with van der Waals surface area (Å²) in [5, 5.41) is 3.63. The lowest BCUT2D eigenvalue weighted by molar-refractivity contribution is -0.0390. The maximum atomic E-state index is 5.92. The van der Waals surface area contributed by atoms with Crippen LogP contribution in [0.5, 0.6) is 0 Å². The fourth-order valence-corrected chi connectivity index (χ4v) is 4.13. The van der Waals surface area contributed by atoms with Gasteiger partial charge in [0.2, 0.25) is 0 Å². The average molecular weight is 353 g/mol. The number of hydrogen-bond acceptors (Lipinski definition) is 3. The molecule has 3 unspecified atom stereocenters. The number of rotatable bonds is 6. The minimum Gasteiger partial charge on any atom is -0.372 e. The zero-order chi connectivity index (χ0) is 14.7. The van der Waals surface area contributed by atoms with Crippen LogP contribution in [0, 0.1) is 0 Å². The van der Waals surface area contributed by atoms with Crippen LogP contribution in [0.2, 0.25) is 0 Å². The van der Waals surface area contributed by atoms with Crippen LogP contribution in [-0.2, 0) is 4.74 Å². The minimum atomic E-state index is 0.422. The van der Waals surface area contributed by atoms with Crippen molar-refractivity contribution >= 4 is 15.9 Å². The number of halogens is 1. The van der Waals surface area contributed by atoms with Crippen molar-refractivity contribution in [2.45, 2.75) is 44.4 Å². The van der Waals surface area contributed by atoms with Crippen molar-refractivity contribution in [1.29, 1.82) is 0 Å². The van der Waals surface area contributed by atoms with Crippen molar-refractivity contribution in [2.75, 3.05) is 26.2 Å². The van der Waals surface area contributed by atoms with E-state index in [0.717, 1.165) is 32.6 Å². The molecule has 0 aromatic heterocycles. The molecule has 0 spiro atoms. The summed E-state index contributed by atoms with van der Waals surface area (Å²) in [5.41, 5.74) is 1.37. The summed E-state index contributed by atoms with van der Waals surface area (Å²) in [6, 6.07) is 8.98. The van der Waals surface area contributed by atoms with Gasteiger partial charge in [-0.05, 0) is 37.4 Å². The molecule has 1 aromatic rings. The smallest absolute Gasteiger partial charge is 0.0707 e. The Kier molecular flexibility index (Phi) is 5.33. The molecule has 3 atom stereocenters. The van der Waals surface area contributed by atoms with Crippen LogP contribution in [0.3, 0.4) is 0 Å². The molecular weight excluding hydrogens is 328 g/mol. The molecule has 3 rings (SSSR count). The van der Waals surface area contributed by atoms with Crippen LogP contribution in [-0.4, -0.2) is 43.3 Å². The minimum absolute atomic E-state index is 0.422. The molecule has 0 amide bonds. The lowest BCUT2D eigenvalue weighted by atomic mass is 10.0. The zero-order valence-electron chi connectivity index (χ0n) is 12.7. The number of nitrogens with zero attached hydrogens (tertiary/aromatic N) is 1. The van der Waals surface area contributed by atoms with Gasteiger partial charge in [-0.15, -0.1) is 0 Å². The molecule has 1 aromatic carbocycles. The van der Waals surface area contributed by atoms with Crippen molar-refractivity contribution in [3.8, 4) is 0 Å². The number of morpholine rings is 1. The molecule has 2 bridgehead atoms. The maximum Gasteiger partial charge on any atom is 0.0707 e. The normalized spacial score (nSPS) is 27.0. The quantitative estimate of drug-likeness (QED) is 0.849. The second-order valence-electron chi connectivity index (χ2n) is 6.14. The van der Waals surface area contributed by atoms with Crippen LogP contribution in [0.15, 0.2) is 28.7 Å². The Balaban J connectivity index is 1.59. The predicted octanol–water partition coefficient (Wildman–Crippen LogP) is 3.35. The Morgan fingerprint density at radius 3 is 2.67 bits per heavy atom. The Labute approximate surface area is 136 Å². The largest absolute Gasteiger partial charge is 0.372 e. The highest BCUT2D eigenvalue weighted by Crippen LogP contribution is 2.29. The van der Waals surface area contributed by atoms with Crippen LogP contribution < -0.4 is 5.32 Å². The summed E-state index contributed by atoms with van der Waals surface area (Å²) in [6.45, 7) is 6.56. The first-order valence-corrected chi connectivity index (χ1v) is 8.91. The molecule has 1 N–H and O–H groups in total. The first-order chi connectivity index (χ1) is 10.3. The van der Waals surface area contributed by atoms with Gasteiger partial charge in [0.05, 0.1) is 12.2 Å². The summed E-state index contributed by atoms with van der Waals surface area (Å²) >= 11 is 3.69. The highest BCUT2D eigenvalue weighted by molar-refractivity contribution is 9.10. The second kappa shape index (κ2) is 7.23. The monoisotopic (exact) mass is 352 g/mol. The number of ether oxygens (including phenoxy) is 1. The molecule has 3 nitrogen and oxygen atoms in total. The van der Waals surface area contributed by atoms with Gasteiger partial charge in [0.1, 0.15) is 0 Å². The van der Waals surface area contributed by atoms with E-state index in [0.29, 0.717) is 18.2 Å². The summed E-state index contributed by atoms with van der Waals surface area (Å²) in [4.78, 5) is 2.59. The van der Waals surface area contributed by atoms with Crippen LogP contribution in [0.25, 0.3) is 0 Å². The molecule has 0 aliphatic carbocycles. The molecule has 0 radical (unpaired) electrons. The molecule has 2 heterocycles. The first kappa shape index (κ1) is 15.5. The van der Waals surface area contributed by atoms with Gasteiger partial charge in [-0.3, -0.25) is 4.90 Å². The van der Waals surface area contributed by atoms with E-state index in [9.17, 15) is 0 Å². The van der Waals surface area contributed by atoms with Gasteiger partial charge in [0.25, 0.3) is 0 Å². The number of benzene rings is 1. The highest BCUT2D eigenvalue weighted by atomic mass is 79.9. The van der Waals surface area contributed by atoms with Crippen LogP contribution in [0.4, 0.5) is 0 Å². The lowest BCUT2D eigenvalue weighted by Gasteiger charge is -2.33. The van der Waals surface area contributed by atoms with Crippen molar-refractivity contribution in [1.82, 2.24) is 10.2 Å². The van der Waals surface area contributed by atoms with Crippen LogP contribution in [0.1, 0.15) is 37.8 Å². The predicted molar refractivity (Wildman–Crippen MR) is 89.5 cm³/mol. The second-order valence-corrected chi connectivity index (χ2v) is 6.99. The molecule has 2 aliphatic rings. The van der Waals surface area contributed by atoms with Gasteiger partial charge in [0, 0.05) is 30.1 Å². The van der Waals surface area contributed by atoms with Gasteiger partial charge in [-0.25, -0.2) is 0 Å². The summed E-state index contributed by atoms with van der Waals surface area (Å²) in [7, 11) is 0. The van der Waals surface area contributed by atoms with Crippen molar-refractivity contribution in [3.05, 3.63) is 34.3 Å². The van der Waals surface area contributed by atoms with Crippen molar-refractivity contribution in [3.63, 3.8) is 0 Å². The molecule has 2 fully saturated rings. The fraction of sp³-hybridized carbons (Fsp3) is 0.647. The topological polar surface area (TPSA) is 24.5 Å². The van der Waals surface area contributed by atoms with Gasteiger partial charge in [-0.2, -0.15) is 0 Å². The summed E-state index contributed by atoms with van der Waals surface area (Å²) < 4.78 is 7.13. The van der Waals surface area contributed by atoms with E-state index in [2.05, 4.69) is 57.3 Å². The van der Waals surface area contributed by atoms with E-state index >= 15 is 0 Å². The Morgan fingerprint density at radius 1 is 1.29 bits per heavy atom. The Hall–Kier alpha value is -0.420. The highest BCUT2D eigenvalue weighted by Gasteiger charge is 2.33. The van der Waals surface area contributed by atoms with E-state index in [4.69, 9.17) is 4.74 Å². The van der Waals surface area contributed by atoms with Crippen molar-refractivity contribution in [2.24, 2.45) is 0 Å². The molecule has 0 saturated carbocycles. The van der Waals surface area contributed by atoms with E-state index in [-0.39, 0.29) is 0 Å². The molecule has 21 heavy (non-hydrogen) atoms. The Bertz CT molecular complexity index is 456. The third-order valence-corrected chi connectivity index (χ3v) is 5.31. The molecule has 2 aliphatic heterocycles. The average Bonchev–Trinajstić information content (AvgIpc) is 2.83. The first-order valence-electron chi connectivity index (χ1n) is 8.12. The van der Waals surface area contributed by atoms with E-state index in [1.54, 1.807) is 0 Å². The Morgan fingerprint density at radius 2 is 2.00 bits per heavy atom. The maximum absolute atomic E-state index is 5.92. The number of nitrogens with one attached hydrogen (secondary N) is 1. The van der Waals surface area contributed by atoms with Gasteiger partial charge < -0.3 is 10.1 Å². The third kappa shape index (κ3) is 3.86. The van der Waals surface area contributed by atoms with E-state index < -0.39 is 0 Å². The van der Waals surface area contributed by atoms with Gasteiger partial charge >= 0.3 is 0 Å². The third-order valence-electron chi connectivity index (χ3n) is 4.58. The summed E-state index contributed by atoms with van der Waals surface area (Å²) in [5.74, 6) is 0. The fourth-order valence-electron chi connectivity index (χ4n) is 3.57. The lowest BCUT2D eigenvalue weighted by Crippen LogP contribution is -2.43. The molecule has 2 saturated heterocycles. The molecular formula is C17H25BrN2O. The van der Waals surface area contributed by atoms with E-state index in [1.165, 1.54) is 22.9 Å². The van der Waals surface area contributed by atoms with Crippen LogP contribution >= 0.6 is 15.9 Å². The number of fused-ring (bicyclic) bond motifs is 2. The van der Waals surface area contributed by atoms with E-state index in [1.807, 2.05) is 0 Å². The number of likely N-dealkylation sites (tertiary alicyclic amines) is 1. The standard InChI is InChI=1S/C17H25BrN2O/c1-2-19-17(15-5-3-4-6-16(15)18)9-10-20-11-13-7-8-14(12-20)21-13/h3-6,13-14,17,19H,2,7-12H2,1H3. The SMILES string of the molecule is CCNC(CCN1CC2CCC(C1)O2)c1ccccc1Br. The van der Waals surface area contributed by atoms with Gasteiger partial charge in [0.15, 0.2) is 0 Å². The van der Waals surface area contributed by atoms with Gasteiger partial charge in [-0.1, -0.05) is 41.1 Å². The molecule has 116 valence electrons. The zero-order valence-corrected chi connectivity index (χ0v) is 14.3.